The van der Waals surface area contributed by atoms with Gasteiger partial charge in [0.15, 0.2) is 11.5 Å². The van der Waals surface area contributed by atoms with Gasteiger partial charge in [0.05, 0.1) is 14.2 Å². The van der Waals surface area contributed by atoms with Crippen molar-refractivity contribution in [1.82, 2.24) is 4.42 Å². The normalized spacial score (nSPS) is 20.4. The van der Waals surface area contributed by atoms with Crippen LogP contribution < -0.4 is 9.47 Å². The van der Waals surface area contributed by atoms with Gasteiger partial charge in [-0.1, -0.05) is 0 Å². The molecule has 0 spiro atoms. The number of halogens is 1. The van der Waals surface area contributed by atoms with Gasteiger partial charge >= 0.3 is 0 Å². The summed E-state index contributed by atoms with van der Waals surface area (Å²) in [5, 5.41) is 0. The largest absolute Gasteiger partial charge is 0.493 e. The van der Waals surface area contributed by atoms with Gasteiger partial charge in [-0.2, -0.15) is 0 Å². The average Bonchev–Trinajstić information content (AvgIpc) is 2.29. The Labute approximate surface area is 101 Å². The smallest absolute Gasteiger partial charge is 0.161 e. The van der Waals surface area contributed by atoms with E-state index < -0.39 is 0 Å². The van der Waals surface area contributed by atoms with Crippen LogP contribution in [0.2, 0.25) is 0 Å². The molecule has 1 aromatic carbocycles. The van der Waals surface area contributed by atoms with Crippen molar-refractivity contribution in [2.45, 2.75) is 25.9 Å². The lowest BCUT2D eigenvalue weighted by Crippen LogP contribution is -2.31. The molecule has 3 nitrogen and oxygen atoms in total. The summed E-state index contributed by atoms with van der Waals surface area (Å²) in [6.07, 6.45) is 0.944. The lowest BCUT2D eigenvalue weighted by molar-refractivity contribution is 0.321. The standard InChI is InChI=1S/C12H16ClNO2/c1-8-4-9-5-11(15-2)12(16-3)6-10(9)7-14(8)13/h5-6,8H,4,7H2,1-3H3. The molecular weight excluding hydrogens is 226 g/mol. The van der Waals surface area contributed by atoms with E-state index in [2.05, 4.69) is 13.0 Å². The van der Waals surface area contributed by atoms with Crippen LogP contribution in [0.3, 0.4) is 0 Å². The highest BCUT2D eigenvalue weighted by Gasteiger charge is 2.23. The van der Waals surface area contributed by atoms with E-state index in [9.17, 15) is 0 Å². The summed E-state index contributed by atoms with van der Waals surface area (Å²) in [7, 11) is 3.30. The number of fused-ring (bicyclic) bond motifs is 1. The van der Waals surface area contributed by atoms with Crippen molar-refractivity contribution in [2.24, 2.45) is 0 Å². The van der Waals surface area contributed by atoms with Crippen LogP contribution in [-0.4, -0.2) is 24.7 Å². The van der Waals surface area contributed by atoms with E-state index in [0.29, 0.717) is 6.04 Å². The molecule has 0 aliphatic carbocycles. The first-order valence-corrected chi connectivity index (χ1v) is 5.65. The minimum atomic E-state index is 0.354. The molecule has 0 saturated carbocycles. The molecule has 0 aromatic heterocycles. The molecule has 0 N–H and O–H groups in total. The van der Waals surface area contributed by atoms with E-state index in [4.69, 9.17) is 21.3 Å². The number of rotatable bonds is 2. The van der Waals surface area contributed by atoms with Crippen LogP contribution in [0.15, 0.2) is 12.1 Å². The van der Waals surface area contributed by atoms with Crippen molar-refractivity contribution < 1.29 is 9.47 Å². The number of hydrogen-bond acceptors (Lipinski definition) is 3. The van der Waals surface area contributed by atoms with E-state index in [1.54, 1.807) is 14.2 Å². The Balaban J connectivity index is 2.41. The van der Waals surface area contributed by atoms with Gasteiger partial charge in [-0.25, -0.2) is 4.42 Å². The predicted octanol–water partition coefficient (Wildman–Crippen LogP) is 2.60. The molecule has 0 fully saturated rings. The second-order valence-corrected chi connectivity index (χ2v) is 4.52. The zero-order chi connectivity index (χ0) is 11.7. The van der Waals surface area contributed by atoms with Gasteiger partial charge in [-0.3, -0.25) is 0 Å². The van der Waals surface area contributed by atoms with Gasteiger partial charge < -0.3 is 9.47 Å². The van der Waals surface area contributed by atoms with E-state index >= 15 is 0 Å². The quantitative estimate of drug-likeness (QED) is 0.743. The van der Waals surface area contributed by atoms with E-state index in [-0.39, 0.29) is 0 Å². The van der Waals surface area contributed by atoms with E-state index in [1.807, 2.05) is 10.5 Å². The molecule has 0 amide bonds. The first kappa shape index (κ1) is 11.6. The first-order chi connectivity index (χ1) is 7.65. The second-order valence-electron chi connectivity index (χ2n) is 4.09. The van der Waals surface area contributed by atoms with Crippen LogP contribution in [0, 0.1) is 0 Å². The molecule has 0 saturated heterocycles. The topological polar surface area (TPSA) is 21.7 Å². The fraction of sp³-hybridized carbons (Fsp3) is 0.500. The molecule has 1 atom stereocenters. The summed E-state index contributed by atoms with van der Waals surface area (Å²) in [6, 6.07) is 4.41. The molecule has 0 radical (unpaired) electrons. The second kappa shape index (κ2) is 4.52. The summed E-state index contributed by atoms with van der Waals surface area (Å²) in [5.74, 6) is 1.55. The molecule has 1 aliphatic rings. The zero-order valence-corrected chi connectivity index (χ0v) is 10.5. The number of ether oxygens (including phenoxy) is 2. The van der Waals surface area contributed by atoms with Crippen molar-refractivity contribution in [2.75, 3.05) is 14.2 Å². The summed E-state index contributed by atoms with van der Waals surface area (Å²) in [6.45, 7) is 2.87. The molecule has 88 valence electrons. The van der Waals surface area contributed by atoms with Crippen LogP contribution in [0.4, 0.5) is 0 Å². The van der Waals surface area contributed by atoms with E-state index in [1.165, 1.54) is 11.1 Å². The SMILES string of the molecule is COc1cc2c(cc1OC)CN(Cl)C(C)C2. The molecule has 1 aliphatic heterocycles. The Morgan fingerprint density at radius 2 is 1.75 bits per heavy atom. The molecule has 2 rings (SSSR count). The van der Waals surface area contributed by atoms with Gasteiger partial charge in [0.1, 0.15) is 0 Å². The van der Waals surface area contributed by atoms with Crippen LogP contribution in [-0.2, 0) is 13.0 Å². The van der Waals surface area contributed by atoms with E-state index in [0.717, 1.165) is 24.5 Å². The van der Waals surface area contributed by atoms with Crippen molar-refractivity contribution in [1.29, 1.82) is 0 Å². The third kappa shape index (κ3) is 1.97. The Morgan fingerprint density at radius 3 is 2.31 bits per heavy atom. The van der Waals surface area contributed by atoms with Crippen LogP contribution in [0.25, 0.3) is 0 Å². The number of hydrogen-bond donors (Lipinski definition) is 0. The van der Waals surface area contributed by atoms with Gasteiger partial charge in [-0.05, 0) is 48.4 Å². The maximum Gasteiger partial charge on any atom is 0.161 e. The molecule has 4 heteroatoms. The Bertz CT molecular complexity index is 358. The molecule has 0 bridgehead atoms. The highest BCUT2D eigenvalue weighted by Crippen LogP contribution is 2.34. The van der Waals surface area contributed by atoms with Crippen LogP contribution in [0.5, 0.6) is 11.5 Å². The zero-order valence-electron chi connectivity index (χ0n) is 9.79. The summed E-state index contributed by atoms with van der Waals surface area (Å²) in [5.41, 5.74) is 2.51. The van der Waals surface area contributed by atoms with Crippen molar-refractivity contribution in [3.63, 3.8) is 0 Å². The lowest BCUT2D eigenvalue weighted by Gasteiger charge is -2.29. The molecule has 16 heavy (non-hydrogen) atoms. The van der Waals surface area contributed by atoms with Gasteiger partial charge in [0.2, 0.25) is 0 Å². The summed E-state index contributed by atoms with van der Waals surface area (Å²) in [4.78, 5) is 0. The summed E-state index contributed by atoms with van der Waals surface area (Å²) >= 11 is 6.13. The summed E-state index contributed by atoms with van der Waals surface area (Å²) < 4.78 is 12.4. The van der Waals surface area contributed by atoms with Gasteiger partial charge in [-0.15, -0.1) is 0 Å². The van der Waals surface area contributed by atoms with Gasteiger partial charge in [0, 0.05) is 12.6 Å². The molecule has 1 unspecified atom stereocenters. The predicted molar refractivity (Wildman–Crippen MR) is 64.1 cm³/mol. The van der Waals surface area contributed by atoms with Crippen LogP contribution in [0.1, 0.15) is 18.1 Å². The Hall–Kier alpha value is -0.930. The highest BCUT2D eigenvalue weighted by atomic mass is 35.5. The van der Waals surface area contributed by atoms with Gasteiger partial charge in [0.25, 0.3) is 0 Å². The average molecular weight is 242 g/mol. The van der Waals surface area contributed by atoms with Crippen molar-refractivity contribution >= 4 is 11.8 Å². The lowest BCUT2D eigenvalue weighted by atomic mass is 9.96. The molecular formula is C12H16ClNO2. The minimum Gasteiger partial charge on any atom is -0.493 e. The molecule has 1 aromatic rings. The first-order valence-electron chi connectivity index (χ1n) is 5.32. The van der Waals surface area contributed by atoms with Crippen molar-refractivity contribution in [3.05, 3.63) is 23.3 Å². The fourth-order valence-corrected chi connectivity index (χ4v) is 2.23. The number of methoxy groups -OCH3 is 2. The number of nitrogens with zero attached hydrogens (tertiary/aromatic N) is 1. The maximum absolute atomic E-state index is 6.13. The highest BCUT2D eigenvalue weighted by molar-refractivity contribution is 6.13. The minimum absolute atomic E-state index is 0.354. The monoisotopic (exact) mass is 241 g/mol. The van der Waals surface area contributed by atoms with Crippen molar-refractivity contribution in [3.8, 4) is 11.5 Å². The third-order valence-electron chi connectivity index (χ3n) is 3.02. The Kier molecular flexibility index (Phi) is 3.26. The van der Waals surface area contributed by atoms with Crippen LogP contribution >= 0.6 is 11.8 Å². The maximum atomic E-state index is 6.13. The number of benzene rings is 1. The molecule has 1 heterocycles. The third-order valence-corrected chi connectivity index (χ3v) is 3.47. The Morgan fingerprint density at radius 1 is 1.19 bits per heavy atom. The fourth-order valence-electron chi connectivity index (χ4n) is 2.04.